The van der Waals surface area contributed by atoms with Crippen LogP contribution in [0.4, 0.5) is 4.79 Å². The monoisotopic (exact) mass is 655 g/mol. The first-order valence-electron chi connectivity index (χ1n) is 15.3. The topological polar surface area (TPSA) is 114 Å². The van der Waals surface area contributed by atoms with E-state index in [1.54, 1.807) is 46.2 Å². The van der Waals surface area contributed by atoms with Crippen molar-refractivity contribution in [1.82, 2.24) is 14.7 Å². The summed E-state index contributed by atoms with van der Waals surface area (Å²) >= 11 is 0. The van der Waals surface area contributed by atoms with E-state index < -0.39 is 22.3 Å². The van der Waals surface area contributed by atoms with E-state index in [1.807, 2.05) is 55.5 Å². The SMILES string of the molecule is Cc1ccc(S(=O)(=O)Oc2ccc(C[C@@H](C(=O)N3CCN(C(=O)c4ccccc4)CC3)N(C)C(=O)OCc3ccccc3)cc2)cc1. The normalized spacial score (nSPS) is 13.8. The van der Waals surface area contributed by atoms with Crippen molar-refractivity contribution in [3.8, 4) is 5.75 Å². The molecule has 0 saturated carbocycles. The van der Waals surface area contributed by atoms with Crippen molar-refractivity contribution in [3.05, 3.63) is 131 Å². The number of piperazine rings is 1. The fourth-order valence-electron chi connectivity index (χ4n) is 5.23. The quantitative estimate of drug-likeness (QED) is 0.223. The third-order valence-corrected chi connectivity index (χ3v) is 9.27. The maximum Gasteiger partial charge on any atom is 0.410 e. The molecule has 1 fully saturated rings. The number of ether oxygens (including phenoxy) is 1. The summed E-state index contributed by atoms with van der Waals surface area (Å²) in [5.41, 5.74) is 3.01. The smallest absolute Gasteiger partial charge is 0.410 e. The number of benzene rings is 4. The minimum absolute atomic E-state index is 0.0408. The van der Waals surface area contributed by atoms with Crippen molar-refractivity contribution in [2.24, 2.45) is 0 Å². The maximum absolute atomic E-state index is 14.0. The lowest BCUT2D eigenvalue weighted by molar-refractivity contribution is -0.137. The van der Waals surface area contributed by atoms with Crippen LogP contribution in [0.5, 0.6) is 5.75 Å². The van der Waals surface area contributed by atoms with E-state index in [1.165, 1.54) is 36.2 Å². The molecule has 10 nitrogen and oxygen atoms in total. The Morgan fingerprint density at radius 2 is 1.32 bits per heavy atom. The number of likely N-dealkylation sites (N-methyl/N-ethyl adjacent to an activating group) is 1. The Morgan fingerprint density at radius 1 is 0.745 bits per heavy atom. The number of carbonyl (C=O) groups is 3. The molecule has 1 heterocycles. The minimum Gasteiger partial charge on any atom is -0.445 e. The highest BCUT2D eigenvalue weighted by molar-refractivity contribution is 7.87. The summed E-state index contributed by atoms with van der Waals surface area (Å²) in [7, 11) is -2.51. The Morgan fingerprint density at radius 3 is 1.94 bits per heavy atom. The molecular formula is C36H37N3O7S. The summed E-state index contributed by atoms with van der Waals surface area (Å²) in [6.07, 6.45) is -0.515. The highest BCUT2D eigenvalue weighted by atomic mass is 32.2. The van der Waals surface area contributed by atoms with Crippen LogP contribution in [0.1, 0.15) is 27.0 Å². The van der Waals surface area contributed by atoms with Crippen LogP contribution in [0, 0.1) is 6.92 Å². The molecule has 0 aliphatic carbocycles. The van der Waals surface area contributed by atoms with Crippen LogP contribution in [0.15, 0.2) is 114 Å². The van der Waals surface area contributed by atoms with Crippen molar-refractivity contribution in [2.75, 3.05) is 33.2 Å². The molecule has 0 unspecified atom stereocenters. The van der Waals surface area contributed by atoms with Gasteiger partial charge >= 0.3 is 16.2 Å². The van der Waals surface area contributed by atoms with Gasteiger partial charge in [-0.2, -0.15) is 8.42 Å². The predicted molar refractivity (Wildman–Crippen MR) is 176 cm³/mol. The molecule has 4 aromatic rings. The number of amides is 3. The average molecular weight is 656 g/mol. The molecular weight excluding hydrogens is 618 g/mol. The van der Waals surface area contributed by atoms with Crippen LogP contribution in [0.3, 0.4) is 0 Å². The fraction of sp³-hybridized carbons (Fsp3) is 0.250. The Labute approximate surface area is 275 Å². The molecule has 1 aliphatic heterocycles. The van der Waals surface area contributed by atoms with E-state index in [9.17, 15) is 22.8 Å². The van der Waals surface area contributed by atoms with E-state index >= 15 is 0 Å². The van der Waals surface area contributed by atoms with Crippen LogP contribution in [-0.2, 0) is 32.7 Å². The second-order valence-corrected chi connectivity index (χ2v) is 12.9. The predicted octanol–water partition coefficient (Wildman–Crippen LogP) is 4.93. The molecule has 1 aliphatic rings. The van der Waals surface area contributed by atoms with Crippen molar-refractivity contribution in [1.29, 1.82) is 0 Å². The van der Waals surface area contributed by atoms with Gasteiger partial charge in [0.1, 0.15) is 23.3 Å². The van der Waals surface area contributed by atoms with Gasteiger partial charge in [-0.25, -0.2) is 4.79 Å². The maximum atomic E-state index is 14.0. The first kappa shape index (κ1) is 33.2. The lowest BCUT2D eigenvalue weighted by atomic mass is 10.0. The zero-order valence-corrected chi connectivity index (χ0v) is 27.1. The molecule has 3 amide bonds. The Balaban J connectivity index is 1.28. The Bertz CT molecular complexity index is 1770. The van der Waals surface area contributed by atoms with Gasteiger partial charge in [-0.05, 0) is 54.4 Å². The molecule has 0 radical (unpaired) electrons. The largest absolute Gasteiger partial charge is 0.445 e. The Kier molecular flexibility index (Phi) is 10.6. The summed E-state index contributed by atoms with van der Waals surface area (Å²) in [4.78, 5) is 44.8. The number of hydrogen-bond donors (Lipinski definition) is 0. The van der Waals surface area contributed by atoms with Crippen molar-refractivity contribution in [3.63, 3.8) is 0 Å². The molecule has 0 aromatic heterocycles. The van der Waals surface area contributed by atoms with Crippen molar-refractivity contribution in [2.45, 2.75) is 30.9 Å². The highest BCUT2D eigenvalue weighted by Crippen LogP contribution is 2.22. The number of carbonyl (C=O) groups excluding carboxylic acids is 3. The third kappa shape index (κ3) is 8.56. The summed E-state index contributed by atoms with van der Waals surface area (Å²) in [6, 6.07) is 30.1. The van der Waals surface area contributed by atoms with Crippen LogP contribution < -0.4 is 4.18 Å². The second-order valence-electron chi connectivity index (χ2n) is 11.3. The molecule has 1 saturated heterocycles. The number of aryl methyl sites for hydroxylation is 1. The van der Waals surface area contributed by atoms with Gasteiger partial charge in [-0.1, -0.05) is 78.4 Å². The standard InChI is InChI=1S/C36H37N3O7S/c1-27-13-19-32(20-14-27)47(43,44)46-31-17-15-28(16-18-31)25-33(37(2)36(42)45-26-29-9-5-3-6-10-29)35(41)39-23-21-38(22-24-39)34(40)30-11-7-4-8-12-30/h3-20,33H,21-26H2,1-2H3/t33-/m0/s1. The van der Waals surface area contributed by atoms with Crippen LogP contribution in [0.2, 0.25) is 0 Å². The van der Waals surface area contributed by atoms with Crippen molar-refractivity contribution >= 4 is 28.0 Å². The summed E-state index contributed by atoms with van der Waals surface area (Å²) < 4.78 is 36.4. The first-order valence-corrected chi connectivity index (χ1v) is 16.7. The van der Waals surface area contributed by atoms with Gasteiger partial charge in [-0.15, -0.1) is 0 Å². The Hall–Kier alpha value is -5.16. The molecule has 11 heteroatoms. The van der Waals surface area contributed by atoms with Gasteiger partial charge in [0.05, 0.1) is 0 Å². The van der Waals surface area contributed by atoms with E-state index in [0.717, 1.165) is 11.1 Å². The number of hydrogen-bond acceptors (Lipinski definition) is 7. The lowest BCUT2D eigenvalue weighted by Crippen LogP contribution is -2.56. The summed E-state index contributed by atoms with van der Waals surface area (Å²) in [5, 5.41) is 0. The van der Waals surface area contributed by atoms with E-state index in [-0.39, 0.29) is 35.5 Å². The molecule has 4 aromatic carbocycles. The van der Waals surface area contributed by atoms with Crippen molar-refractivity contribution < 1.29 is 31.7 Å². The number of nitrogens with zero attached hydrogens (tertiary/aromatic N) is 3. The molecule has 0 spiro atoms. The van der Waals surface area contributed by atoms with Gasteiger partial charge in [0.25, 0.3) is 5.91 Å². The fourth-order valence-corrected chi connectivity index (χ4v) is 6.16. The van der Waals surface area contributed by atoms with Gasteiger partial charge in [0.15, 0.2) is 0 Å². The summed E-state index contributed by atoms with van der Waals surface area (Å²) in [5.74, 6) is -0.257. The zero-order valence-electron chi connectivity index (χ0n) is 26.3. The van der Waals surface area contributed by atoms with E-state index in [4.69, 9.17) is 8.92 Å². The van der Waals surface area contributed by atoms with E-state index in [2.05, 4.69) is 0 Å². The summed E-state index contributed by atoms with van der Waals surface area (Å²) in [6.45, 7) is 3.24. The van der Waals surface area contributed by atoms with Gasteiger partial charge in [0, 0.05) is 45.2 Å². The third-order valence-electron chi connectivity index (χ3n) is 8.01. The molecule has 47 heavy (non-hydrogen) atoms. The van der Waals surface area contributed by atoms with Crippen LogP contribution in [-0.4, -0.2) is 80.3 Å². The van der Waals surface area contributed by atoms with Crippen LogP contribution >= 0.6 is 0 Å². The second kappa shape index (κ2) is 15.0. The van der Waals surface area contributed by atoms with Gasteiger partial charge in [-0.3, -0.25) is 14.5 Å². The lowest BCUT2D eigenvalue weighted by Gasteiger charge is -2.38. The molecule has 1 atom stereocenters. The molecule has 0 bridgehead atoms. The minimum atomic E-state index is -4.03. The van der Waals surface area contributed by atoms with Gasteiger partial charge in [0.2, 0.25) is 5.91 Å². The molecule has 5 rings (SSSR count). The first-order chi connectivity index (χ1) is 22.6. The average Bonchev–Trinajstić information content (AvgIpc) is 3.10. The highest BCUT2D eigenvalue weighted by Gasteiger charge is 2.34. The zero-order chi connectivity index (χ0) is 33.4. The van der Waals surface area contributed by atoms with E-state index in [0.29, 0.717) is 37.3 Å². The molecule has 244 valence electrons. The molecule has 0 N–H and O–H groups in total. The van der Waals surface area contributed by atoms with Gasteiger partial charge < -0.3 is 18.7 Å². The number of rotatable bonds is 10. The van der Waals surface area contributed by atoms with Crippen LogP contribution in [0.25, 0.3) is 0 Å².